The van der Waals surface area contributed by atoms with E-state index in [1.165, 1.54) is 5.56 Å². The minimum Gasteiger partial charge on any atom is -0.427 e. The SMILES string of the molecule is O=C(CCC1(CC2(CC3(CCC(=O)Oc4ccccc4)c4ccccc4-c4ncccc43)c3ccccc3-c3ncccc32)c2ccccc2-c2ncccc21)Oc1ccccc1. The second-order valence-corrected chi connectivity index (χ2v) is 17.0. The molecule has 0 radical (unpaired) electrons. The molecule has 7 heteroatoms. The molecule has 2 unspecified atom stereocenters. The zero-order chi connectivity index (χ0) is 42.4. The Hall–Kier alpha value is -7.51. The molecule has 63 heavy (non-hydrogen) atoms. The summed E-state index contributed by atoms with van der Waals surface area (Å²) in [5.41, 5.74) is 10.6. The Morgan fingerprint density at radius 2 is 0.683 bits per heavy atom. The molecular formula is C56H43N3O4. The lowest BCUT2D eigenvalue weighted by Crippen LogP contribution is -2.43. The molecule has 3 heterocycles. The van der Waals surface area contributed by atoms with Crippen LogP contribution >= 0.6 is 0 Å². The first-order valence-electron chi connectivity index (χ1n) is 21.7. The molecule has 3 aromatic heterocycles. The number of rotatable bonds is 12. The smallest absolute Gasteiger partial charge is 0.311 e. The standard InChI is InChI=1S/C56H43N3O4/c60-49(62-38-16-3-1-4-17-38)29-31-54(43-23-10-7-20-40(43)51-46(54)26-13-33-57-51)36-56(45-25-12-9-22-42(45)53-48(56)28-15-35-59-53)37-55(32-30-50(61)63-39-18-5-2-6-19-39)44-24-11-8-21-41(44)52-47(55)27-14-34-58-52/h1-28,33-35H,29-32,36-37H2. The Morgan fingerprint density at radius 3 is 1.08 bits per heavy atom. The quantitative estimate of drug-likeness (QED) is 0.0895. The Morgan fingerprint density at radius 1 is 0.365 bits per heavy atom. The van der Waals surface area contributed by atoms with E-state index in [0.29, 0.717) is 37.2 Å². The topological polar surface area (TPSA) is 91.3 Å². The molecule has 3 aliphatic rings. The Labute approximate surface area is 366 Å². The van der Waals surface area contributed by atoms with Crippen molar-refractivity contribution in [3.63, 3.8) is 0 Å². The van der Waals surface area contributed by atoms with Crippen LogP contribution in [0.25, 0.3) is 33.8 Å². The molecule has 0 saturated heterocycles. The number of nitrogens with zero attached hydrogens (tertiary/aromatic N) is 3. The summed E-state index contributed by atoms with van der Waals surface area (Å²) in [5.74, 6) is 0.450. The Bertz CT molecular complexity index is 2740. The molecule has 0 N–H and O–H groups in total. The first kappa shape index (κ1) is 38.4. The first-order chi connectivity index (χ1) is 31.0. The molecule has 0 aliphatic heterocycles. The van der Waals surface area contributed by atoms with Crippen molar-refractivity contribution in [3.8, 4) is 45.3 Å². The van der Waals surface area contributed by atoms with E-state index in [1.807, 2.05) is 97.5 Å². The predicted molar refractivity (Wildman–Crippen MR) is 243 cm³/mol. The predicted octanol–water partition coefficient (Wildman–Crippen LogP) is 11.6. The molecule has 5 aromatic carbocycles. The summed E-state index contributed by atoms with van der Waals surface area (Å²) in [6.45, 7) is 0. The third-order valence-electron chi connectivity index (χ3n) is 13.7. The van der Waals surface area contributed by atoms with Crippen LogP contribution in [0.5, 0.6) is 11.5 Å². The third-order valence-corrected chi connectivity index (χ3v) is 13.7. The number of hydrogen-bond acceptors (Lipinski definition) is 7. The van der Waals surface area contributed by atoms with E-state index < -0.39 is 16.2 Å². The van der Waals surface area contributed by atoms with E-state index in [-0.39, 0.29) is 24.8 Å². The van der Waals surface area contributed by atoms with Gasteiger partial charge in [-0.25, -0.2) is 0 Å². The number of esters is 2. The molecule has 0 amide bonds. The van der Waals surface area contributed by atoms with Crippen LogP contribution in [0, 0.1) is 0 Å². The maximum atomic E-state index is 14.0. The van der Waals surface area contributed by atoms with Crippen LogP contribution in [0.3, 0.4) is 0 Å². The number of aromatic nitrogens is 3. The summed E-state index contributed by atoms with van der Waals surface area (Å²) in [7, 11) is 0. The van der Waals surface area contributed by atoms with Gasteiger partial charge < -0.3 is 9.47 Å². The van der Waals surface area contributed by atoms with Gasteiger partial charge in [-0.05, 0) is 102 Å². The van der Waals surface area contributed by atoms with Crippen molar-refractivity contribution < 1.29 is 19.1 Å². The maximum absolute atomic E-state index is 14.0. The van der Waals surface area contributed by atoms with Crippen molar-refractivity contribution in [2.75, 3.05) is 0 Å². The number of carbonyl (C=O) groups excluding carboxylic acids is 2. The van der Waals surface area contributed by atoms with Gasteiger partial charge in [-0.3, -0.25) is 24.5 Å². The lowest BCUT2D eigenvalue weighted by Gasteiger charge is -2.47. The Kier molecular flexibility index (Phi) is 9.41. The second kappa shape index (κ2) is 15.4. The van der Waals surface area contributed by atoms with Crippen molar-refractivity contribution in [2.45, 2.75) is 54.8 Å². The van der Waals surface area contributed by atoms with Crippen LogP contribution in [0.2, 0.25) is 0 Å². The number of para-hydroxylation sites is 2. The molecule has 0 fully saturated rings. The third kappa shape index (κ3) is 6.29. The van der Waals surface area contributed by atoms with E-state index in [9.17, 15) is 9.59 Å². The van der Waals surface area contributed by atoms with Crippen LogP contribution in [0.15, 0.2) is 188 Å². The molecule has 11 rings (SSSR count). The van der Waals surface area contributed by atoms with Gasteiger partial charge in [0.05, 0.1) is 17.1 Å². The van der Waals surface area contributed by atoms with Crippen molar-refractivity contribution in [3.05, 3.63) is 222 Å². The van der Waals surface area contributed by atoms with E-state index in [4.69, 9.17) is 24.4 Å². The van der Waals surface area contributed by atoms with Crippen molar-refractivity contribution in [2.24, 2.45) is 0 Å². The zero-order valence-electron chi connectivity index (χ0n) is 34.6. The van der Waals surface area contributed by atoms with Gasteiger partial charge in [-0.1, -0.05) is 127 Å². The number of pyridine rings is 3. The number of hydrogen-bond donors (Lipinski definition) is 0. The normalized spacial score (nSPS) is 19.5. The number of fused-ring (bicyclic) bond motifs is 9. The van der Waals surface area contributed by atoms with Crippen LogP contribution in [-0.2, 0) is 25.8 Å². The number of ether oxygens (including phenoxy) is 2. The highest BCUT2D eigenvalue weighted by atomic mass is 16.5. The van der Waals surface area contributed by atoms with Crippen molar-refractivity contribution in [1.29, 1.82) is 0 Å². The zero-order valence-corrected chi connectivity index (χ0v) is 34.6. The van der Waals surface area contributed by atoms with E-state index in [2.05, 4.69) is 91.0 Å². The number of carbonyl (C=O) groups is 2. The van der Waals surface area contributed by atoms with Gasteiger partial charge in [0, 0.05) is 64.4 Å². The van der Waals surface area contributed by atoms with E-state index in [1.54, 1.807) is 0 Å². The summed E-state index contributed by atoms with van der Waals surface area (Å²) >= 11 is 0. The van der Waals surface area contributed by atoms with E-state index >= 15 is 0 Å². The molecule has 8 aromatic rings. The molecular weight excluding hydrogens is 779 g/mol. The average molecular weight is 822 g/mol. The minimum absolute atomic E-state index is 0.168. The molecule has 7 nitrogen and oxygen atoms in total. The highest BCUT2D eigenvalue weighted by molar-refractivity contribution is 5.84. The average Bonchev–Trinajstić information content (AvgIpc) is 3.88. The fourth-order valence-electron chi connectivity index (χ4n) is 11.3. The highest BCUT2D eigenvalue weighted by Gasteiger charge is 2.58. The summed E-state index contributed by atoms with van der Waals surface area (Å²) in [6, 6.07) is 57.0. The van der Waals surface area contributed by atoms with E-state index in [0.717, 1.165) is 61.6 Å². The van der Waals surface area contributed by atoms with Gasteiger partial charge >= 0.3 is 11.9 Å². The molecule has 306 valence electrons. The van der Waals surface area contributed by atoms with Crippen molar-refractivity contribution in [1.82, 2.24) is 15.0 Å². The van der Waals surface area contributed by atoms with Crippen LogP contribution < -0.4 is 9.47 Å². The lowest BCUT2D eigenvalue weighted by molar-refractivity contribution is -0.135. The van der Waals surface area contributed by atoms with Gasteiger partial charge in [-0.2, -0.15) is 0 Å². The summed E-state index contributed by atoms with van der Waals surface area (Å²) in [4.78, 5) is 43.3. The summed E-state index contributed by atoms with van der Waals surface area (Å²) in [5, 5.41) is 0. The summed E-state index contributed by atoms with van der Waals surface area (Å²) in [6.07, 6.45) is 8.04. The van der Waals surface area contributed by atoms with Gasteiger partial charge in [0.25, 0.3) is 0 Å². The number of benzene rings is 5. The monoisotopic (exact) mass is 821 g/mol. The molecule has 0 spiro atoms. The minimum atomic E-state index is -0.720. The largest absolute Gasteiger partial charge is 0.427 e. The fourth-order valence-corrected chi connectivity index (χ4v) is 11.3. The first-order valence-corrected chi connectivity index (χ1v) is 21.7. The summed E-state index contributed by atoms with van der Waals surface area (Å²) < 4.78 is 12.0. The fraction of sp³-hybridized carbons (Fsp3) is 0.161. The molecule has 0 saturated carbocycles. The van der Waals surface area contributed by atoms with Crippen LogP contribution in [0.4, 0.5) is 0 Å². The van der Waals surface area contributed by atoms with Crippen LogP contribution in [-0.4, -0.2) is 26.9 Å². The molecule has 2 atom stereocenters. The van der Waals surface area contributed by atoms with Crippen molar-refractivity contribution >= 4 is 11.9 Å². The molecule has 0 bridgehead atoms. The lowest BCUT2D eigenvalue weighted by atomic mass is 9.55. The Balaban J connectivity index is 1.13. The van der Waals surface area contributed by atoms with Gasteiger partial charge in [0.1, 0.15) is 11.5 Å². The maximum Gasteiger partial charge on any atom is 0.311 e. The van der Waals surface area contributed by atoms with Gasteiger partial charge in [-0.15, -0.1) is 0 Å². The van der Waals surface area contributed by atoms with Crippen LogP contribution in [0.1, 0.15) is 71.9 Å². The highest BCUT2D eigenvalue weighted by Crippen LogP contribution is 2.65. The molecule has 3 aliphatic carbocycles. The van der Waals surface area contributed by atoms with Gasteiger partial charge in [0.15, 0.2) is 0 Å². The van der Waals surface area contributed by atoms with Gasteiger partial charge in [0.2, 0.25) is 0 Å². The second-order valence-electron chi connectivity index (χ2n) is 17.0.